The van der Waals surface area contributed by atoms with Crippen LogP contribution < -0.4 is 0 Å². The Bertz CT molecular complexity index is 602. The topological polar surface area (TPSA) is 37.3 Å². The molecule has 0 heterocycles. The number of hydrogen-bond acceptors (Lipinski definition) is 2. The van der Waals surface area contributed by atoms with Crippen molar-refractivity contribution in [2.75, 3.05) is 0 Å². The number of fused-ring (bicyclic) bond motifs is 2. The molecule has 18 heavy (non-hydrogen) atoms. The number of ketones is 1. The predicted molar refractivity (Wildman–Crippen MR) is 72.4 cm³/mol. The van der Waals surface area contributed by atoms with Crippen molar-refractivity contribution in [3.05, 3.63) is 32.8 Å². The van der Waals surface area contributed by atoms with Crippen LogP contribution in [0.1, 0.15) is 42.1 Å². The van der Waals surface area contributed by atoms with Gasteiger partial charge in [0.05, 0.1) is 10.6 Å². The Labute approximate surface area is 115 Å². The first-order valence-electron chi connectivity index (χ1n) is 6.01. The molecule has 2 aliphatic rings. The van der Waals surface area contributed by atoms with E-state index >= 15 is 0 Å². The molecule has 0 spiro atoms. The molecule has 1 aromatic carbocycles. The lowest BCUT2D eigenvalue weighted by atomic mass is 9.84. The van der Waals surface area contributed by atoms with Crippen molar-refractivity contribution < 1.29 is 9.90 Å². The molecule has 0 fully saturated rings. The van der Waals surface area contributed by atoms with E-state index in [1.807, 2.05) is 0 Å². The minimum Gasteiger partial charge on any atom is -0.506 e. The zero-order valence-electron chi connectivity index (χ0n) is 9.89. The lowest BCUT2D eigenvalue weighted by molar-refractivity contribution is 0.102. The van der Waals surface area contributed by atoms with E-state index in [0.717, 1.165) is 36.0 Å². The number of halogens is 2. The van der Waals surface area contributed by atoms with Crippen molar-refractivity contribution >= 4 is 34.6 Å². The second-order valence-electron chi connectivity index (χ2n) is 4.96. The maximum Gasteiger partial charge on any atom is 0.191 e. The van der Waals surface area contributed by atoms with Gasteiger partial charge in [0.15, 0.2) is 5.78 Å². The monoisotopic (exact) mass is 282 g/mol. The minimum atomic E-state index is -0.0554. The molecule has 0 bridgehead atoms. The lowest BCUT2D eigenvalue weighted by Crippen LogP contribution is -2.11. The summed E-state index contributed by atoms with van der Waals surface area (Å²) < 4.78 is 0. The van der Waals surface area contributed by atoms with Gasteiger partial charge >= 0.3 is 0 Å². The SMILES string of the molecule is CC1CCCC2=C1C(=O)c1c2cc(O)c(Cl)c1Cl. The quantitative estimate of drug-likeness (QED) is 0.762. The summed E-state index contributed by atoms with van der Waals surface area (Å²) in [6.07, 6.45) is 2.96. The van der Waals surface area contributed by atoms with Crippen molar-refractivity contribution in [1.82, 2.24) is 0 Å². The molecule has 0 saturated carbocycles. The third-order valence-corrected chi connectivity index (χ3v) is 4.72. The smallest absolute Gasteiger partial charge is 0.191 e. The standard InChI is InChI=1S/C14H12Cl2O2/c1-6-3-2-4-7-8-5-9(17)12(15)13(16)11(8)14(18)10(6)7/h5-6,17H,2-4H2,1H3. The first-order valence-corrected chi connectivity index (χ1v) is 6.77. The van der Waals surface area contributed by atoms with Gasteiger partial charge in [-0.3, -0.25) is 4.79 Å². The van der Waals surface area contributed by atoms with E-state index < -0.39 is 0 Å². The highest BCUT2D eigenvalue weighted by Gasteiger charge is 2.37. The maximum atomic E-state index is 12.4. The Hall–Kier alpha value is -0.990. The van der Waals surface area contributed by atoms with Crippen LogP contribution in [-0.2, 0) is 0 Å². The van der Waals surface area contributed by atoms with Crippen LogP contribution >= 0.6 is 23.2 Å². The number of phenolic OH excluding ortho intramolecular Hbond substituents is 1. The third-order valence-electron chi connectivity index (χ3n) is 3.87. The molecule has 0 aliphatic heterocycles. The molecule has 1 atom stereocenters. The van der Waals surface area contributed by atoms with Gasteiger partial charge in [-0.2, -0.15) is 0 Å². The number of aromatic hydroxyl groups is 1. The fourth-order valence-electron chi connectivity index (χ4n) is 3.01. The summed E-state index contributed by atoms with van der Waals surface area (Å²) in [7, 11) is 0. The summed E-state index contributed by atoms with van der Waals surface area (Å²) in [5.74, 6) is 0.185. The zero-order chi connectivity index (χ0) is 13.0. The zero-order valence-corrected chi connectivity index (χ0v) is 11.4. The Morgan fingerprint density at radius 2 is 2.06 bits per heavy atom. The number of carbonyl (C=O) groups is 1. The molecule has 0 saturated heterocycles. The number of phenols is 1. The molecule has 2 aliphatic carbocycles. The van der Waals surface area contributed by atoms with Gasteiger partial charge in [0.2, 0.25) is 0 Å². The molecule has 1 N–H and O–H groups in total. The molecule has 0 amide bonds. The molecule has 2 nitrogen and oxygen atoms in total. The summed E-state index contributed by atoms with van der Waals surface area (Å²) in [5, 5.41) is 10.0. The van der Waals surface area contributed by atoms with E-state index in [2.05, 4.69) is 6.92 Å². The Kier molecular flexibility index (Phi) is 2.68. The van der Waals surface area contributed by atoms with Gasteiger partial charge in [0.25, 0.3) is 0 Å². The highest BCUT2D eigenvalue weighted by molar-refractivity contribution is 6.46. The van der Waals surface area contributed by atoms with Crippen molar-refractivity contribution in [3.63, 3.8) is 0 Å². The molecule has 1 unspecified atom stereocenters. The second kappa shape index (κ2) is 4.01. The first kappa shape index (κ1) is 12.1. The van der Waals surface area contributed by atoms with Crippen molar-refractivity contribution in [1.29, 1.82) is 0 Å². The van der Waals surface area contributed by atoms with E-state index in [1.54, 1.807) is 6.07 Å². The molecular formula is C14H12Cl2O2. The molecule has 4 heteroatoms. The maximum absolute atomic E-state index is 12.4. The van der Waals surface area contributed by atoms with Crippen molar-refractivity contribution in [3.8, 4) is 5.75 Å². The highest BCUT2D eigenvalue weighted by atomic mass is 35.5. The third kappa shape index (κ3) is 1.45. The number of rotatable bonds is 0. The van der Waals surface area contributed by atoms with Gasteiger partial charge < -0.3 is 5.11 Å². The minimum absolute atomic E-state index is 0.0147. The van der Waals surface area contributed by atoms with E-state index in [-0.39, 0.29) is 27.5 Å². The first-order chi connectivity index (χ1) is 8.52. The Balaban J connectivity index is 2.29. The molecule has 0 aromatic heterocycles. The van der Waals surface area contributed by atoms with Crippen LogP contribution in [0.5, 0.6) is 5.75 Å². The van der Waals surface area contributed by atoms with E-state index in [0.29, 0.717) is 5.56 Å². The van der Waals surface area contributed by atoms with Gasteiger partial charge in [-0.1, -0.05) is 30.1 Å². The van der Waals surface area contributed by atoms with Crippen molar-refractivity contribution in [2.24, 2.45) is 5.92 Å². The molecular weight excluding hydrogens is 271 g/mol. The van der Waals surface area contributed by atoms with Crippen LogP contribution in [0.25, 0.3) is 5.57 Å². The summed E-state index contributed by atoms with van der Waals surface area (Å²) >= 11 is 12.0. The number of allylic oxidation sites excluding steroid dienone is 2. The fourth-order valence-corrected chi connectivity index (χ4v) is 3.44. The molecule has 1 aromatic rings. The largest absolute Gasteiger partial charge is 0.506 e. The van der Waals surface area contributed by atoms with E-state index in [9.17, 15) is 9.90 Å². The van der Waals surface area contributed by atoms with Crippen LogP contribution in [0.4, 0.5) is 0 Å². The van der Waals surface area contributed by atoms with Crippen LogP contribution in [-0.4, -0.2) is 10.9 Å². The second-order valence-corrected chi connectivity index (χ2v) is 5.72. The van der Waals surface area contributed by atoms with Gasteiger partial charge in [-0.15, -0.1) is 0 Å². The van der Waals surface area contributed by atoms with Gasteiger partial charge in [-0.25, -0.2) is 0 Å². The van der Waals surface area contributed by atoms with Crippen LogP contribution in [0.3, 0.4) is 0 Å². The van der Waals surface area contributed by atoms with E-state index in [1.165, 1.54) is 0 Å². The number of Topliss-reactive ketones (excluding diaryl/α,β-unsaturated/α-hetero) is 1. The molecule has 0 radical (unpaired) electrons. The van der Waals surface area contributed by atoms with Crippen molar-refractivity contribution in [2.45, 2.75) is 26.2 Å². The van der Waals surface area contributed by atoms with Gasteiger partial charge in [-0.05, 0) is 42.4 Å². The fraction of sp³-hybridized carbons (Fsp3) is 0.357. The predicted octanol–water partition coefficient (Wildman–Crippen LogP) is 4.47. The summed E-state index contributed by atoms with van der Waals surface area (Å²) in [4.78, 5) is 12.4. The Morgan fingerprint density at radius 1 is 1.33 bits per heavy atom. The van der Waals surface area contributed by atoms with E-state index in [4.69, 9.17) is 23.2 Å². The summed E-state index contributed by atoms with van der Waals surface area (Å²) in [5.41, 5.74) is 3.15. The number of hydrogen-bond donors (Lipinski definition) is 1. The molecule has 94 valence electrons. The Morgan fingerprint density at radius 3 is 2.78 bits per heavy atom. The van der Waals surface area contributed by atoms with Crippen LogP contribution in [0.15, 0.2) is 11.6 Å². The number of benzene rings is 1. The summed E-state index contributed by atoms with van der Waals surface area (Å²) in [6.45, 7) is 2.06. The normalized spacial score (nSPS) is 22.2. The van der Waals surface area contributed by atoms with Crippen LogP contribution in [0.2, 0.25) is 10.0 Å². The summed E-state index contributed by atoms with van der Waals surface area (Å²) in [6, 6.07) is 1.57. The van der Waals surface area contributed by atoms with Crippen LogP contribution in [0, 0.1) is 5.92 Å². The van der Waals surface area contributed by atoms with Gasteiger partial charge in [0, 0.05) is 5.57 Å². The van der Waals surface area contributed by atoms with Gasteiger partial charge in [0.1, 0.15) is 10.8 Å². The lowest BCUT2D eigenvalue weighted by Gasteiger charge is -2.20. The highest BCUT2D eigenvalue weighted by Crippen LogP contribution is 2.49. The average Bonchev–Trinajstić information content (AvgIpc) is 2.61. The molecule has 3 rings (SSSR count). The number of carbonyl (C=O) groups excluding carboxylic acids is 1. The average molecular weight is 283 g/mol.